The Morgan fingerprint density at radius 2 is 2.00 bits per heavy atom. The van der Waals surface area contributed by atoms with Crippen molar-refractivity contribution >= 4 is 5.97 Å². The zero-order valence-corrected chi connectivity index (χ0v) is 11.6. The average Bonchev–Trinajstić information content (AvgIpc) is 2.24. The summed E-state index contributed by atoms with van der Waals surface area (Å²) in [4.78, 5) is 10.4. The van der Waals surface area contributed by atoms with Crippen molar-refractivity contribution < 1.29 is 14.6 Å². The van der Waals surface area contributed by atoms with Crippen LogP contribution in [0.3, 0.4) is 0 Å². The Kier molecular flexibility index (Phi) is 4.76. The molecule has 0 radical (unpaired) electrons. The summed E-state index contributed by atoms with van der Waals surface area (Å²) in [6.07, 6.45) is 0.689. The predicted molar refractivity (Wildman–Crippen MR) is 72.2 cm³/mol. The number of aliphatic carboxylic acids is 1. The molecule has 1 aromatic rings. The molecule has 18 heavy (non-hydrogen) atoms. The van der Waals surface area contributed by atoms with E-state index in [2.05, 4.69) is 32.9 Å². The Morgan fingerprint density at radius 3 is 2.50 bits per heavy atom. The van der Waals surface area contributed by atoms with Gasteiger partial charge in [-0.15, -0.1) is 0 Å². The molecule has 0 atom stereocenters. The van der Waals surface area contributed by atoms with Crippen LogP contribution in [0, 0.1) is 6.92 Å². The summed E-state index contributed by atoms with van der Waals surface area (Å²) in [5, 5.41) is 8.54. The van der Waals surface area contributed by atoms with Crippen molar-refractivity contribution in [3.8, 4) is 5.75 Å². The van der Waals surface area contributed by atoms with Crippen molar-refractivity contribution in [3.05, 3.63) is 29.3 Å². The highest BCUT2D eigenvalue weighted by Gasteiger charge is 2.14. The number of aryl methyl sites for hydroxylation is 1. The van der Waals surface area contributed by atoms with Crippen molar-refractivity contribution in [1.29, 1.82) is 0 Å². The fourth-order valence-electron chi connectivity index (χ4n) is 1.68. The van der Waals surface area contributed by atoms with Crippen LogP contribution in [0.4, 0.5) is 0 Å². The van der Waals surface area contributed by atoms with Gasteiger partial charge in [0.2, 0.25) is 0 Å². The summed E-state index contributed by atoms with van der Waals surface area (Å²) >= 11 is 0. The molecule has 0 aromatic heterocycles. The Labute approximate surface area is 109 Å². The summed E-state index contributed by atoms with van der Waals surface area (Å²) in [6.45, 7) is 8.99. The van der Waals surface area contributed by atoms with Gasteiger partial charge in [-0.2, -0.15) is 0 Å². The average molecular weight is 250 g/mol. The van der Waals surface area contributed by atoms with Crippen molar-refractivity contribution in [2.45, 2.75) is 46.0 Å². The summed E-state index contributed by atoms with van der Waals surface area (Å²) in [6, 6.07) is 6.17. The van der Waals surface area contributed by atoms with Crippen LogP contribution in [0.5, 0.6) is 5.75 Å². The third-order valence-corrected chi connectivity index (χ3v) is 2.83. The number of hydrogen-bond acceptors (Lipinski definition) is 2. The molecule has 0 bridgehead atoms. The molecule has 0 saturated heterocycles. The van der Waals surface area contributed by atoms with E-state index in [1.54, 1.807) is 0 Å². The van der Waals surface area contributed by atoms with Crippen molar-refractivity contribution in [1.82, 2.24) is 0 Å². The maximum Gasteiger partial charge on any atom is 0.303 e. The third-order valence-electron chi connectivity index (χ3n) is 2.83. The van der Waals surface area contributed by atoms with Gasteiger partial charge in [-0.05, 0) is 36.0 Å². The molecule has 1 rings (SSSR count). The Morgan fingerprint density at radius 1 is 1.33 bits per heavy atom. The van der Waals surface area contributed by atoms with E-state index in [9.17, 15) is 4.79 Å². The number of rotatable bonds is 5. The topological polar surface area (TPSA) is 46.5 Å². The molecular weight excluding hydrogens is 228 g/mol. The lowest BCUT2D eigenvalue weighted by Crippen LogP contribution is -2.11. The van der Waals surface area contributed by atoms with Crippen molar-refractivity contribution in [3.63, 3.8) is 0 Å². The van der Waals surface area contributed by atoms with E-state index in [4.69, 9.17) is 9.84 Å². The quantitative estimate of drug-likeness (QED) is 0.813. The van der Waals surface area contributed by atoms with E-state index < -0.39 is 5.97 Å². The summed E-state index contributed by atoms with van der Waals surface area (Å²) in [5.74, 6) is 0.0618. The van der Waals surface area contributed by atoms with Gasteiger partial charge >= 0.3 is 5.97 Å². The van der Waals surface area contributed by atoms with E-state index in [0.717, 1.165) is 11.3 Å². The molecule has 100 valence electrons. The molecule has 0 saturated carbocycles. The van der Waals surface area contributed by atoms with Crippen LogP contribution in [0.15, 0.2) is 18.2 Å². The Balaban J connectivity index is 2.60. The normalized spacial score (nSPS) is 11.3. The Bertz CT molecular complexity index is 416. The molecule has 3 nitrogen and oxygen atoms in total. The molecule has 0 heterocycles. The second-order valence-corrected chi connectivity index (χ2v) is 5.58. The van der Waals surface area contributed by atoms with E-state index in [1.807, 2.05) is 13.0 Å². The Hall–Kier alpha value is -1.51. The molecule has 0 aliphatic heterocycles. The lowest BCUT2D eigenvalue weighted by atomic mass is 9.86. The van der Waals surface area contributed by atoms with Gasteiger partial charge in [0.05, 0.1) is 6.61 Å². The summed E-state index contributed by atoms with van der Waals surface area (Å²) in [5.41, 5.74) is 2.50. The highest BCUT2D eigenvalue weighted by molar-refractivity contribution is 5.66. The largest absolute Gasteiger partial charge is 0.493 e. The van der Waals surface area contributed by atoms with Gasteiger partial charge in [0.25, 0.3) is 0 Å². The molecule has 3 heteroatoms. The van der Waals surface area contributed by atoms with Crippen LogP contribution < -0.4 is 4.74 Å². The molecule has 0 spiro atoms. The zero-order chi connectivity index (χ0) is 13.8. The predicted octanol–water partition coefficient (Wildman–Crippen LogP) is 3.54. The van der Waals surface area contributed by atoms with E-state index in [1.165, 1.54) is 5.56 Å². The number of carboxylic acids is 1. The van der Waals surface area contributed by atoms with E-state index >= 15 is 0 Å². The van der Waals surface area contributed by atoms with Crippen LogP contribution in [0.2, 0.25) is 0 Å². The number of benzene rings is 1. The van der Waals surface area contributed by atoms with Gasteiger partial charge in [-0.25, -0.2) is 0 Å². The van der Waals surface area contributed by atoms with E-state index in [0.29, 0.717) is 13.0 Å². The second kappa shape index (κ2) is 5.89. The first-order valence-electron chi connectivity index (χ1n) is 6.26. The summed E-state index contributed by atoms with van der Waals surface area (Å²) in [7, 11) is 0. The first-order chi connectivity index (χ1) is 8.30. The first kappa shape index (κ1) is 14.6. The number of carboxylic acid groups (broad SMARTS) is 1. The molecule has 1 aromatic carbocycles. The highest BCUT2D eigenvalue weighted by Crippen LogP contribution is 2.27. The SMILES string of the molecule is Cc1cc(C(C)(C)C)ccc1OCCCC(=O)O. The van der Waals surface area contributed by atoms with Crippen LogP contribution in [-0.2, 0) is 10.2 Å². The van der Waals surface area contributed by atoms with Gasteiger partial charge in [-0.1, -0.05) is 32.9 Å². The maximum absolute atomic E-state index is 10.4. The van der Waals surface area contributed by atoms with Crippen molar-refractivity contribution in [2.24, 2.45) is 0 Å². The van der Waals surface area contributed by atoms with Crippen LogP contribution in [0.25, 0.3) is 0 Å². The number of ether oxygens (including phenoxy) is 1. The number of carbonyl (C=O) groups is 1. The summed E-state index contributed by atoms with van der Waals surface area (Å²) < 4.78 is 5.59. The minimum absolute atomic E-state index is 0.132. The van der Waals surface area contributed by atoms with E-state index in [-0.39, 0.29) is 11.8 Å². The van der Waals surface area contributed by atoms with Crippen LogP contribution in [0.1, 0.15) is 44.7 Å². The fraction of sp³-hybridized carbons (Fsp3) is 0.533. The lowest BCUT2D eigenvalue weighted by Gasteiger charge is -2.20. The maximum atomic E-state index is 10.4. The van der Waals surface area contributed by atoms with Gasteiger partial charge in [0, 0.05) is 6.42 Å². The van der Waals surface area contributed by atoms with Crippen LogP contribution >= 0.6 is 0 Å². The molecular formula is C15H22O3. The standard InChI is InChI=1S/C15H22O3/c1-11-10-12(15(2,3)4)7-8-13(11)18-9-5-6-14(16)17/h7-8,10H,5-6,9H2,1-4H3,(H,16,17). The van der Waals surface area contributed by atoms with Gasteiger partial charge in [-0.3, -0.25) is 4.79 Å². The second-order valence-electron chi connectivity index (χ2n) is 5.58. The molecule has 0 fully saturated rings. The lowest BCUT2D eigenvalue weighted by molar-refractivity contribution is -0.137. The van der Waals surface area contributed by atoms with Crippen molar-refractivity contribution in [2.75, 3.05) is 6.61 Å². The first-order valence-corrected chi connectivity index (χ1v) is 6.26. The third kappa shape index (κ3) is 4.40. The molecule has 0 aliphatic carbocycles. The van der Waals surface area contributed by atoms with Gasteiger partial charge < -0.3 is 9.84 Å². The minimum Gasteiger partial charge on any atom is -0.493 e. The number of hydrogen-bond donors (Lipinski definition) is 1. The smallest absolute Gasteiger partial charge is 0.303 e. The van der Waals surface area contributed by atoms with Gasteiger partial charge in [0.15, 0.2) is 0 Å². The van der Waals surface area contributed by atoms with Crippen LogP contribution in [-0.4, -0.2) is 17.7 Å². The monoisotopic (exact) mass is 250 g/mol. The minimum atomic E-state index is -0.779. The molecule has 0 aliphatic rings. The zero-order valence-electron chi connectivity index (χ0n) is 11.6. The molecule has 0 amide bonds. The highest BCUT2D eigenvalue weighted by atomic mass is 16.5. The fourth-order valence-corrected chi connectivity index (χ4v) is 1.68. The molecule has 1 N–H and O–H groups in total. The van der Waals surface area contributed by atoms with Gasteiger partial charge in [0.1, 0.15) is 5.75 Å². The molecule has 0 unspecified atom stereocenters.